The number of hydrogen-bond acceptors (Lipinski definition) is 7. The van der Waals surface area contributed by atoms with Crippen LogP contribution in [0.25, 0.3) is 0 Å². The van der Waals surface area contributed by atoms with E-state index in [4.69, 9.17) is 5.21 Å². The van der Waals surface area contributed by atoms with Crippen molar-refractivity contribution in [3.8, 4) is 0 Å². The van der Waals surface area contributed by atoms with E-state index >= 15 is 0 Å². The molecule has 0 aliphatic carbocycles. The standard InChI is InChI=1S/C11H14N2O5S2/c1-4(12-18)3-19-11-7(10(16)17)13-8(15)6(5(2)14)9(13)20-11/h5-6,9,14,18H,3H2,1-2H3,(H,16,17)/t5?,6?,9-/m1/s1. The zero-order valence-corrected chi connectivity index (χ0v) is 12.4. The van der Waals surface area contributed by atoms with Gasteiger partial charge < -0.3 is 15.4 Å². The first-order valence-corrected chi connectivity index (χ1v) is 7.70. The summed E-state index contributed by atoms with van der Waals surface area (Å²) in [7, 11) is 0. The summed E-state index contributed by atoms with van der Waals surface area (Å²) in [5, 5.41) is 30.1. The van der Waals surface area contributed by atoms with Crippen molar-refractivity contribution in [3.05, 3.63) is 9.93 Å². The van der Waals surface area contributed by atoms with Gasteiger partial charge in [0, 0.05) is 5.75 Å². The molecule has 2 rings (SSSR count). The number of rotatable bonds is 5. The highest BCUT2D eigenvalue weighted by Gasteiger charge is 2.57. The number of carboxylic acids is 1. The number of amides is 1. The van der Waals surface area contributed by atoms with Crippen LogP contribution in [-0.2, 0) is 9.59 Å². The number of oxime groups is 1. The first-order valence-electron chi connectivity index (χ1n) is 5.84. The Balaban J connectivity index is 2.19. The molecule has 2 aliphatic rings. The quantitative estimate of drug-likeness (QED) is 0.297. The molecule has 7 nitrogen and oxygen atoms in total. The number of nitrogens with zero attached hydrogens (tertiary/aromatic N) is 2. The lowest BCUT2D eigenvalue weighted by Gasteiger charge is -2.43. The van der Waals surface area contributed by atoms with Gasteiger partial charge in [0.1, 0.15) is 5.37 Å². The van der Waals surface area contributed by atoms with E-state index in [0.29, 0.717) is 15.7 Å². The van der Waals surface area contributed by atoms with Crippen molar-refractivity contribution in [2.75, 3.05) is 5.75 Å². The summed E-state index contributed by atoms with van der Waals surface area (Å²) in [6.45, 7) is 3.14. The van der Waals surface area contributed by atoms with Crippen LogP contribution in [0.2, 0.25) is 0 Å². The highest BCUT2D eigenvalue weighted by molar-refractivity contribution is 8.23. The number of hydrogen-bond donors (Lipinski definition) is 3. The van der Waals surface area contributed by atoms with E-state index in [0.717, 1.165) is 0 Å². The normalized spacial score (nSPS) is 27.4. The third-order valence-electron chi connectivity index (χ3n) is 3.05. The fraction of sp³-hybridized carbons (Fsp3) is 0.545. The molecule has 0 aromatic rings. The number of carboxylic acid groups (broad SMARTS) is 1. The van der Waals surface area contributed by atoms with Gasteiger partial charge in [-0.15, -0.1) is 11.8 Å². The maximum Gasteiger partial charge on any atom is 0.354 e. The maximum atomic E-state index is 11.9. The molecule has 2 unspecified atom stereocenters. The Morgan fingerprint density at radius 2 is 2.25 bits per heavy atom. The maximum absolute atomic E-state index is 11.9. The number of aliphatic carboxylic acids is 1. The van der Waals surface area contributed by atoms with Crippen LogP contribution in [0.15, 0.2) is 15.1 Å². The van der Waals surface area contributed by atoms with Crippen molar-refractivity contribution in [3.63, 3.8) is 0 Å². The molecule has 9 heteroatoms. The van der Waals surface area contributed by atoms with Crippen molar-refractivity contribution in [2.45, 2.75) is 25.3 Å². The van der Waals surface area contributed by atoms with E-state index in [1.54, 1.807) is 6.92 Å². The molecule has 0 spiro atoms. The molecule has 0 aromatic heterocycles. The van der Waals surface area contributed by atoms with Gasteiger partial charge in [-0.25, -0.2) is 4.79 Å². The smallest absolute Gasteiger partial charge is 0.354 e. The molecular formula is C11H14N2O5S2. The molecule has 0 aromatic carbocycles. The van der Waals surface area contributed by atoms with E-state index in [1.165, 1.54) is 35.3 Å². The molecule has 1 saturated heterocycles. The number of β-lactam (4-membered cyclic amide) rings is 1. The molecule has 2 heterocycles. The lowest BCUT2D eigenvalue weighted by molar-refractivity contribution is -0.156. The zero-order valence-electron chi connectivity index (χ0n) is 10.8. The van der Waals surface area contributed by atoms with Crippen LogP contribution in [0, 0.1) is 5.92 Å². The van der Waals surface area contributed by atoms with Crippen LogP contribution < -0.4 is 0 Å². The van der Waals surface area contributed by atoms with Crippen molar-refractivity contribution < 1.29 is 25.0 Å². The molecule has 110 valence electrons. The third kappa shape index (κ3) is 2.40. The van der Waals surface area contributed by atoms with Gasteiger partial charge >= 0.3 is 5.97 Å². The van der Waals surface area contributed by atoms with Gasteiger partial charge in [0.2, 0.25) is 5.91 Å². The predicted octanol–water partition coefficient (Wildman–Crippen LogP) is 0.735. The lowest BCUT2D eigenvalue weighted by Crippen LogP contribution is -2.60. The first-order chi connectivity index (χ1) is 9.38. The van der Waals surface area contributed by atoms with Crippen LogP contribution in [0.4, 0.5) is 0 Å². The summed E-state index contributed by atoms with van der Waals surface area (Å²) in [5.41, 5.74) is 0.415. The van der Waals surface area contributed by atoms with Gasteiger partial charge in [-0.05, 0) is 13.8 Å². The van der Waals surface area contributed by atoms with Crippen molar-refractivity contribution in [2.24, 2.45) is 11.1 Å². The molecule has 3 N–H and O–H groups in total. The Labute approximate surface area is 123 Å². The van der Waals surface area contributed by atoms with E-state index in [2.05, 4.69) is 5.16 Å². The second kappa shape index (κ2) is 5.66. The van der Waals surface area contributed by atoms with Crippen LogP contribution >= 0.6 is 23.5 Å². The fourth-order valence-electron chi connectivity index (χ4n) is 2.05. The van der Waals surface area contributed by atoms with Gasteiger partial charge in [0.05, 0.1) is 22.0 Å². The van der Waals surface area contributed by atoms with Crippen LogP contribution in [0.5, 0.6) is 0 Å². The molecule has 0 radical (unpaired) electrons. The largest absolute Gasteiger partial charge is 0.477 e. The fourth-order valence-corrected chi connectivity index (χ4v) is 4.84. The second-order valence-electron chi connectivity index (χ2n) is 4.55. The summed E-state index contributed by atoms with van der Waals surface area (Å²) in [4.78, 5) is 24.5. The third-order valence-corrected chi connectivity index (χ3v) is 5.86. The van der Waals surface area contributed by atoms with Crippen molar-refractivity contribution >= 4 is 41.1 Å². The summed E-state index contributed by atoms with van der Waals surface area (Å²) >= 11 is 2.47. The number of thioether (sulfide) groups is 2. The summed E-state index contributed by atoms with van der Waals surface area (Å²) in [6, 6.07) is 0. The SMILES string of the molecule is CC(CSC1=C(C(=O)O)N2C(=O)C(C(C)O)[C@H]2S1)=NO. The van der Waals surface area contributed by atoms with Crippen molar-refractivity contribution in [1.82, 2.24) is 4.90 Å². The number of aliphatic hydroxyl groups excluding tert-OH is 1. The Morgan fingerprint density at radius 3 is 2.75 bits per heavy atom. The number of carbonyl (C=O) groups is 2. The topological polar surface area (TPSA) is 110 Å². The predicted molar refractivity (Wildman–Crippen MR) is 75.4 cm³/mol. The second-order valence-corrected chi connectivity index (χ2v) is 6.92. The highest BCUT2D eigenvalue weighted by atomic mass is 32.2. The minimum Gasteiger partial charge on any atom is -0.477 e. The van der Waals surface area contributed by atoms with E-state index in [1.807, 2.05) is 0 Å². The highest BCUT2D eigenvalue weighted by Crippen LogP contribution is 2.53. The van der Waals surface area contributed by atoms with Gasteiger partial charge in [-0.3, -0.25) is 9.69 Å². The van der Waals surface area contributed by atoms with Gasteiger partial charge in [0.25, 0.3) is 0 Å². The number of aliphatic hydroxyl groups is 1. The summed E-state index contributed by atoms with van der Waals surface area (Å²) < 4.78 is 0.502. The zero-order chi connectivity index (χ0) is 15.0. The van der Waals surface area contributed by atoms with Gasteiger partial charge in [0.15, 0.2) is 5.70 Å². The molecule has 2 aliphatic heterocycles. The molecular weight excluding hydrogens is 304 g/mol. The molecule has 20 heavy (non-hydrogen) atoms. The minimum absolute atomic E-state index is 0.0439. The Hall–Kier alpha value is -1.19. The molecule has 0 bridgehead atoms. The van der Waals surface area contributed by atoms with Gasteiger partial charge in [-0.2, -0.15) is 0 Å². The minimum atomic E-state index is -1.17. The average Bonchev–Trinajstić information content (AvgIpc) is 2.69. The molecule has 0 saturated carbocycles. The molecule has 3 atom stereocenters. The summed E-state index contributed by atoms with van der Waals surface area (Å²) in [6.07, 6.45) is -0.809. The van der Waals surface area contributed by atoms with Crippen LogP contribution in [-0.4, -0.2) is 55.1 Å². The lowest BCUT2D eigenvalue weighted by atomic mass is 9.92. The monoisotopic (exact) mass is 318 g/mol. The Kier molecular flexibility index (Phi) is 4.31. The number of carbonyl (C=O) groups excluding carboxylic acids is 1. The molecule has 1 amide bonds. The van der Waals surface area contributed by atoms with Crippen molar-refractivity contribution in [1.29, 1.82) is 0 Å². The summed E-state index contributed by atoms with van der Waals surface area (Å²) in [5.74, 6) is -1.76. The molecule has 1 fully saturated rings. The Morgan fingerprint density at radius 1 is 1.60 bits per heavy atom. The Bertz CT molecular complexity index is 517. The number of fused-ring (bicyclic) bond motifs is 1. The van der Waals surface area contributed by atoms with Crippen LogP contribution in [0.1, 0.15) is 13.8 Å². The first kappa shape index (κ1) is 15.2. The van der Waals surface area contributed by atoms with E-state index in [9.17, 15) is 19.8 Å². The van der Waals surface area contributed by atoms with Crippen LogP contribution in [0.3, 0.4) is 0 Å². The average molecular weight is 318 g/mol. The van der Waals surface area contributed by atoms with Gasteiger partial charge in [-0.1, -0.05) is 16.9 Å². The van der Waals surface area contributed by atoms with E-state index in [-0.39, 0.29) is 17.0 Å². The van der Waals surface area contributed by atoms with E-state index < -0.39 is 18.0 Å².